The molecule has 0 radical (unpaired) electrons. The van der Waals surface area contributed by atoms with Crippen molar-refractivity contribution in [3.05, 3.63) is 84.2 Å². The Labute approximate surface area is 240 Å². The van der Waals surface area contributed by atoms with Crippen LogP contribution in [0.25, 0.3) is 0 Å². The fraction of sp³-hybridized carbons (Fsp3) is 0.333. The number of benzene rings is 3. The molecule has 9 nitrogen and oxygen atoms in total. The molecule has 2 amide bonds. The van der Waals surface area contributed by atoms with E-state index in [1.807, 2.05) is 20.8 Å². The Balaban J connectivity index is 2.11. The average Bonchev–Trinajstić information content (AvgIpc) is 2.94. The summed E-state index contributed by atoms with van der Waals surface area (Å²) < 4.78 is 53.3. The summed E-state index contributed by atoms with van der Waals surface area (Å²) in [5, 5.41) is 2.86. The molecule has 0 aliphatic carbocycles. The number of carbonyl (C=O) groups excluding carboxylic acids is 2. The Hall–Kier alpha value is -4.12. The monoisotopic (exact) mass is 585 g/mol. The minimum Gasteiger partial charge on any atom is -0.497 e. The van der Waals surface area contributed by atoms with E-state index in [0.717, 1.165) is 4.31 Å². The van der Waals surface area contributed by atoms with Gasteiger partial charge in [0, 0.05) is 18.2 Å². The number of nitrogens with zero attached hydrogens (tertiary/aromatic N) is 2. The van der Waals surface area contributed by atoms with Crippen LogP contribution in [0.4, 0.5) is 10.1 Å². The van der Waals surface area contributed by atoms with E-state index in [4.69, 9.17) is 9.47 Å². The molecular weight excluding hydrogens is 549 g/mol. The van der Waals surface area contributed by atoms with E-state index < -0.39 is 45.8 Å². The highest BCUT2D eigenvalue weighted by Gasteiger charge is 2.34. The Kier molecular flexibility index (Phi) is 9.98. The fourth-order valence-electron chi connectivity index (χ4n) is 4.07. The Bertz CT molecular complexity index is 1460. The van der Waals surface area contributed by atoms with Crippen molar-refractivity contribution in [3.63, 3.8) is 0 Å². The van der Waals surface area contributed by atoms with Gasteiger partial charge in [-0.1, -0.05) is 30.3 Å². The predicted molar refractivity (Wildman–Crippen MR) is 155 cm³/mol. The van der Waals surface area contributed by atoms with Gasteiger partial charge in [0.05, 0.1) is 24.8 Å². The number of sulfonamides is 1. The van der Waals surface area contributed by atoms with Crippen molar-refractivity contribution < 1.29 is 31.9 Å². The molecule has 0 aliphatic rings. The summed E-state index contributed by atoms with van der Waals surface area (Å²) in [6, 6.07) is 16.8. The summed E-state index contributed by atoms with van der Waals surface area (Å²) in [5.74, 6) is -0.987. The SMILES string of the molecule is COc1ccc(OC)c(N(CC(=O)N(Cc2ccc(F)cc2)[C@H](C)C(=O)NC(C)(C)C)S(=O)(=O)c2ccccc2)c1. The van der Waals surface area contributed by atoms with Crippen LogP contribution in [0, 0.1) is 5.82 Å². The third-order valence-corrected chi connectivity index (χ3v) is 7.97. The van der Waals surface area contributed by atoms with Crippen molar-refractivity contribution in [2.75, 3.05) is 25.1 Å². The molecule has 220 valence electrons. The summed E-state index contributed by atoms with van der Waals surface area (Å²) in [6.07, 6.45) is 0. The van der Waals surface area contributed by atoms with Crippen molar-refractivity contribution in [1.82, 2.24) is 10.2 Å². The molecule has 41 heavy (non-hydrogen) atoms. The van der Waals surface area contributed by atoms with Gasteiger partial charge in [-0.05, 0) is 69.7 Å². The van der Waals surface area contributed by atoms with E-state index in [-0.39, 0.29) is 22.9 Å². The molecule has 0 unspecified atom stereocenters. The van der Waals surface area contributed by atoms with Gasteiger partial charge in [-0.25, -0.2) is 12.8 Å². The number of anilines is 1. The van der Waals surface area contributed by atoms with Crippen molar-refractivity contribution in [2.45, 2.75) is 50.7 Å². The summed E-state index contributed by atoms with van der Waals surface area (Å²) in [4.78, 5) is 28.4. The molecule has 0 aliphatic heterocycles. The first-order chi connectivity index (χ1) is 19.3. The maximum Gasteiger partial charge on any atom is 0.264 e. The predicted octanol–water partition coefficient (Wildman–Crippen LogP) is 4.37. The van der Waals surface area contributed by atoms with Crippen LogP contribution in [-0.4, -0.2) is 57.5 Å². The van der Waals surface area contributed by atoms with E-state index in [2.05, 4.69) is 5.32 Å². The van der Waals surface area contributed by atoms with E-state index in [1.54, 1.807) is 37.3 Å². The number of carbonyl (C=O) groups is 2. The summed E-state index contributed by atoms with van der Waals surface area (Å²) in [6.45, 7) is 6.28. The number of ether oxygens (including phenoxy) is 2. The van der Waals surface area contributed by atoms with Gasteiger partial charge in [0.25, 0.3) is 10.0 Å². The first-order valence-electron chi connectivity index (χ1n) is 12.9. The molecule has 1 atom stereocenters. The highest BCUT2D eigenvalue weighted by molar-refractivity contribution is 7.92. The second-order valence-corrected chi connectivity index (χ2v) is 12.3. The molecule has 0 saturated heterocycles. The van der Waals surface area contributed by atoms with Gasteiger partial charge >= 0.3 is 0 Å². The van der Waals surface area contributed by atoms with Gasteiger partial charge in [0.15, 0.2) is 0 Å². The first kappa shape index (κ1) is 31.4. The van der Waals surface area contributed by atoms with Gasteiger partial charge in [-0.3, -0.25) is 13.9 Å². The molecule has 11 heteroatoms. The topological polar surface area (TPSA) is 105 Å². The number of hydrogen-bond donors (Lipinski definition) is 1. The van der Waals surface area contributed by atoms with Crippen molar-refractivity contribution in [1.29, 1.82) is 0 Å². The maximum atomic E-state index is 14.0. The van der Waals surface area contributed by atoms with Crippen LogP contribution in [0.3, 0.4) is 0 Å². The number of rotatable bonds is 11. The zero-order chi connectivity index (χ0) is 30.4. The lowest BCUT2D eigenvalue weighted by molar-refractivity contribution is -0.140. The summed E-state index contributed by atoms with van der Waals surface area (Å²) in [5.41, 5.74) is 0.0659. The van der Waals surface area contributed by atoms with Crippen LogP contribution in [-0.2, 0) is 26.2 Å². The lowest BCUT2D eigenvalue weighted by Gasteiger charge is -2.33. The number of hydrogen-bond acceptors (Lipinski definition) is 6. The highest BCUT2D eigenvalue weighted by atomic mass is 32.2. The zero-order valence-electron chi connectivity index (χ0n) is 24.0. The molecule has 0 bridgehead atoms. The first-order valence-corrected chi connectivity index (χ1v) is 14.4. The van der Waals surface area contributed by atoms with Crippen LogP contribution in [0.15, 0.2) is 77.7 Å². The fourth-order valence-corrected chi connectivity index (χ4v) is 5.51. The van der Waals surface area contributed by atoms with Gasteiger partial charge in [-0.15, -0.1) is 0 Å². The summed E-state index contributed by atoms with van der Waals surface area (Å²) >= 11 is 0. The normalized spacial score (nSPS) is 12.3. The number of amides is 2. The second kappa shape index (κ2) is 13.0. The maximum absolute atomic E-state index is 14.0. The van der Waals surface area contributed by atoms with Crippen molar-refractivity contribution in [3.8, 4) is 11.5 Å². The minimum atomic E-state index is -4.29. The molecule has 0 heterocycles. The quantitative estimate of drug-likeness (QED) is 0.358. The second-order valence-electron chi connectivity index (χ2n) is 10.4. The van der Waals surface area contributed by atoms with Crippen molar-refractivity contribution in [2.24, 2.45) is 0 Å². The van der Waals surface area contributed by atoms with E-state index >= 15 is 0 Å². The van der Waals surface area contributed by atoms with Crippen LogP contribution in [0.1, 0.15) is 33.3 Å². The van der Waals surface area contributed by atoms with Crippen LogP contribution in [0.2, 0.25) is 0 Å². The highest BCUT2D eigenvalue weighted by Crippen LogP contribution is 2.36. The standard InChI is InChI=1S/C30H36FN3O6S/c1-21(29(36)32-30(2,3)4)33(19-22-12-14-23(31)15-13-22)28(35)20-34(41(37,38)25-10-8-7-9-11-25)26-18-24(39-5)16-17-27(26)40-6/h7-18,21H,19-20H2,1-6H3,(H,32,36)/t21-/m1/s1. The number of halogens is 1. The average molecular weight is 586 g/mol. The molecule has 3 aromatic rings. The Morgan fingerprint density at radius 3 is 2.15 bits per heavy atom. The van der Waals surface area contributed by atoms with Crippen LogP contribution < -0.4 is 19.1 Å². The number of methoxy groups -OCH3 is 2. The van der Waals surface area contributed by atoms with Gasteiger partial charge in [0.1, 0.15) is 29.9 Å². The Morgan fingerprint density at radius 1 is 0.951 bits per heavy atom. The van der Waals surface area contributed by atoms with Crippen molar-refractivity contribution >= 4 is 27.5 Å². The van der Waals surface area contributed by atoms with E-state index in [9.17, 15) is 22.4 Å². The molecule has 3 aromatic carbocycles. The third kappa shape index (κ3) is 7.97. The molecule has 0 aromatic heterocycles. The Morgan fingerprint density at radius 2 is 1.59 bits per heavy atom. The molecule has 0 saturated carbocycles. The molecule has 0 spiro atoms. The smallest absolute Gasteiger partial charge is 0.264 e. The van der Waals surface area contributed by atoms with E-state index in [0.29, 0.717) is 11.3 Å². The van der Waals surface area contributed by atoms with Gasteiger partial charge in [-0.2, -0.15) is 0 Å². The lowest BCUT2D eigenvalue weighted by Crippen LogP contribution is -2.54. The van der Waals surface area contributed by atoms with Crippen LogP contribution in [0.5, 0.6) is 11.5 Å². The number of nitrogens with one attached hydrogen (secondary N) is 1. The molecule has 0 fully saturated rings. The third-order valence-electron chi connectivity index (χ3n) is 6.20. The largest absolute Gasteiger partial charge is 0.497 e. The zero-order valence-corrected chi connectivity index (χ0v) is 24.9. The molecular formula is C30H36FN3O6S. The summed E-state index contributed by atoms with van der Waals surface area (Å²) in [7, 11) is -1.47. The molecule has 3 rings (SSSR count). The molecule has 1 N–H and O–H groups in total. The van der Waals surface area contributed by atoms with Crippen LogP contribution >= 0.6 is 0 Å². The minimum absolute atomic E-state index is 0.0405. The lowest BCUT2D eigenvalue weighted by atomic mass is 10.1. The van der Waals surface area contributed by atoms with Gasteiger partial charge < -0.3 is 19.7 Å². The van der Waals surface area contributed by atoms with Gasteiger partial charge in [0.2, 0.25) is 11.8 Å². The van der Waals surface area contributed by atoms with E-state index in [1.165, 1.54) is 61.6 Å².